The molecule has 45 heavy (non-hydrogen) atoms. The number of fused-ring (bicyclic) bond motifs is 2. The number of phosphoric ester groups is 1. The zero-order valence-electron chi connectivity index (χ0n) is 22.9. The predicted molar refractivity (Wildman–Crippen MR) is 148 cm³/mol. The molecule has 4 aromatic rings. The van der Waals surface area contributed by atoms with Crippen LogP contribution < -0.4 is 17.0 Å². The van der Waals surface area contributed by atoms with E-state index in [-0.39, 0.29) is 34.1 Å². The number of nitrogens with zero attached hydrogens (tertiary/aromatic N) is 7. The number of imidazole rings is 2. The summed E-state index contributed by atoms with van der Waals surface area (Å²) in [5.74, 6) is -0.298. The Bertz CT molecular complexity index is 1800. The van der Waals surface area contributed by atoms with Crippen LogP contribution in [0.25, 0.3) is 22.3 Å². The minimum atomic E-state index is -5.41. The van der Waals surface area contributed by atoms with Crippen molar-refractivity contribution in [2.75, 3.05) is 24.4 Å². The van der Waals surface area contributed by atoms with Crippen LogP contribution in [0.15, 0.2) is 23.8 Å². The standard InChI is InChI=1S/C20H28N10O13P2/c1-7(32)17(29-4-25-9-13(21)23-3-24-14(9)29)41-20(39-6-44(35)36)43-45(37,38)42-12-11(33)8(2-31)40-18(12)30-5-26-10-15(30)27-19(22)28-16(10)34/h3-5,7-8,11-12,17-18,20,31-33,44H,2,6H2,1H3,(H,35,36)(H,37,38)(H2,21,23,24)(H3,22,27,28,34)/t7?,8-,11?,12?,17-,18-,20?/m1/s1. The van der Waals surface area contributed by atoms with Crippen LogP contribution in [-0.2, 0) is 32.4 Å². The first-order chi connectivity index (χ1) is 21.3. The molecule has 0 amide bonds. The Balaban J connectivity index is 1.43. The fraction of sp³-hybridized carbons (Fsp3) is 0.500. The van der Waals surface area contributed by atoms with Gasteiger partial charge in [0.05, 0.1) is 25.4 Å². The number of phosphoric acid groups is 1. The normalized spacial score (nSPS) is 24.5. The summed E-state index contributed by atoms with van der Waals surface area (Å²) in [5, 5.41) is 31.0. The van der Waals surface area contributed by atoms with Crippen LogP contribution in [0.2, 0.25) is 0 Å². The quantitative estimate of drug-likeness (QED) is 0.0535. The lowest BCUT2D eigenvalue weighted by Crippen LogP contribution is -2.36. The van der Waals surface area contributed by atoms with Gasteiger partial charge < -0.3 is 50.8 Å². The summed E-state index contributed by atoms with van der Waals surface area (Å²) in [7, 11) is -8.76. The van der Waals surface area contributed by atoms with Crippen LogP contribution in [0.5, 0.6) is 0 Å². The molecule has 1 aliphatic rings. The van der Waals surface area contributed by atoms with Crippen molar-refractivity contribution in [3.8, 4) is 0 Å². The van der Waals surface area contributed by atoms with Crippen LogP contribution in [0, 0.1) is 0 Å². The molecule has 9 atom stereocenters. The molecule has 4 aromatic heterocycles. The second kappa shape index (κ2) is 13.1. The van der Waals surface area contributed by atoms with Gasteiger partial charge in [-0.25, -0.2) is 29.0 Å². The number of nitrogens with one attached hydrogen (secondary N) is 1. The molecule has 1 fully saturated rings. The van der Waals surface area contributed by atoms with Gasteiger partial charge in [0.1, 0.15) is 36.5 Å². The largest absolute Gasteiger partial charge is 0.476 e. The Morgan fingerprint density at radius 1 is 1.20 bits per heavy atom. The summed E-state index contributed by atoms with van der Waals surface area (Å²) in [4.78, 5) is 54.4. The highest BCUT2D eigenvalue weighted by Crippen LogP contribution is 2.51. The van der Waals surface area contributed by atoms with Gasteiger partial charge in [0, 0.05) is 0 Å². The minimum Gasteiger partial charge on any atom is -0.394 e. The number of aromatic nitrogens is 8. The third-order valence-corrected chi connectivity index (χ3v) is 7.72. The van der Waals surface area contributed by atoms with Crippen molar-refractivity contribution in [3.63, 3.8) is 0 Å². The summed E-state index contributed by atoms with van der Waals surface area (Å²) >= 11 is 0. The third-order valence-electron chi connectivity index (χ3n) is 6.36. The van der Waals surface area contributed by atoms with E-state index >= 15 is 0 Å². The van der Waals surface area contributed by atoms with Crippen LogP contribution in [0.1, 0.15) is 19.4 Å². The van der Waals surface area contributed by atoms with Gasteiger partial charge in [0.15, 0.2) is 35.1 Å². The maximum absolute atomic E-state index is 13.3. The second-order valence-corrected chi connectivity index (χ2v) is 11.9. The van der Waals surface area contributed by atoms with E-state index in [1.807, 2.05) is 0 Å². The smallest absolute Gasteiger partial charge is 0.394 e. The summed E-state index contributed by atoms with van der Waals surface area (Å²) in [6, 6.07) is 0. The van der Waals surface area contributed by atoms with Crippen molar-refractivity contribution in [2.24, 2.45) is 0 Å². The molecule has 5 rings (SSSR count). The van der Waals surface area contributed by atoms with Gasteiger partial charge in [-0.15, -0.1) is 0 Å². The molecule has 0 saturated carbocycles. The molecule has 0 radical (unpaired) electrons. The lowest BCUT2D eigenvalue weighted by Gasteiger charge is -2.29. The lowest BCUT2D eigenvalue weighted by atomic mass is 10.1. The highest BCUT2D eigenvalue weighted by molar-refractivity contribution is 7.47. The zero-order chi connectivity index (χ0) is 32.6. The van der Waals surface area contributed by atoms with E-state index in [1.54, 1.807) is 0 Å². The highest BCUT2D eigenvalue weighted by atomic mass is 31.2. The van der Waals surface area contributed by atoms with Gasteiger partial charge >= 0.3 is 7.82 Å². The molecule has 6 unspecified atom stereocenters. The number of aliphatic hydroxyl groups excluding tert-OH is 3. The van der Waals surface area contributed by atoms with Crippen molar-refractivity contribution in [3.05, 3.63) is 29.3 Å². The predicted octanol–water partition coefficient (Wildman–Crippen LogP) is -2.50. The molecule has 23 nitrogen and oxygen atoms in total. The number of H-pyrrole nitrogens is 1. The summed E-state index contributed by atoms with van der Waals surface area (Å²) in [5.41, 5.74) is 10.6. The molecule has 1 aliphatic heterocycles. The van der Waals surface area contributed by atoms with Crippen LogP contribution in [-0.4, -0.2) is 108 Å². The number of nitrogens with two attached hydrogens (primary N) is 2. The molecule has 10 N–H and O–H groups in total. The number of anilines is 2. The number of hydrogen-bond donors (Lipinski definition) is 8. The van der Waals surface area contributed by atoms with Crippen LogP contribution in [0.4, 0.5) is 11.8 Å². The van der Waals surface area contributed by atoms with E-state index < -0.39 is 77.7 Å². The van der Waals surface area contributed by atoms with Crippen molar-refractivity contribution >= 4 is 49.9 Å². The molecule has 0 aromatic carbocycles. The first-order valence-electron chi connectivity index (χ1n) is 12.8. The number of ether oxygens (including phenoxy) is 3. The van der Waals surface area contributed by atoms with Crippen LogP contribution in [0.3, 0.4) is 0 Å². The highest BCUT2D eigenvalue weighted by Gasteiger charge is 2.50. The van der Waals surface area contributed by atoms with E-state index in [0.717, 1.165) is 17.2 Å². The molecular formula is C20H28N10O13P2. The van der Waals surface area contributed by atoms with E-state index in [9.17, 15) is 39.0 Å². The molecule has 1 saturated heterocycles. The summed E-state index contributed by atoms with van der Waals surface area (Å²) < 4.78 is 53.5. The van der Waals surface area contributed by atoms with Crippen molar-refractivity contribution in [1.82, 2.24) is 39.0 Å². The van der Waals surface area contributed by atoms with Crippen molar-refractivity contribution in [1.29, 1.82) is 0 Å². The second-order valence-electron chi connectivity index (χ2n) is 9.50. The summed E-state index contributed by atoms with van der Waals surface area (Å²) in [6.45, 7) is -1.76. The lowest BCUT2D eigenvalue weighted by molar-refractivity contribution is -0.292. The van der Waals surface area contributed by atoms with Crippen molar-refractivity contribution in [2.45, 2.75) is 50.3 Å². The zero-order valence-corrected chi connectivity index (χ0v) is 24.8. The Morgan fingerprint density at radius 2 is 1.93 bits per heavy atom. The molecule has 0 aliphatic carbocycles. The first-order valence-corrected chi connectivity index (χ1v) is 15.8. The summed E-state index contributed by atoms with van der Waals surface area (Å²) in [6.07, 6.45) is -6.92. The van der Waals surface area contributed by atoms with E-state index in [0.29, 0.717) is 0 Å². The Kier molecular flexibility index (Phi) is 9.60. The van der Waals surface area contributed by atoms with E-state index in [4.69, 9.17) is 34.7 Å². The van der Waals surface area contributed by atoms with Gasteiger partial charge in [-0.3, -0.25) is 28.0 Å². The number of hydrogen-bond acceptors (Lipinski definition) is 18. The monoisotopic (exact) mass is 678 g/mol. The number of rotatable bonds is 13. The first kappa shape index (κ1) is 32.9. The van der Waals surface area contributed by atoms with Gasteiger partial charge in [0.25, 0.3) is 12.0 Å². The molecule has 5 heterocycles. The van der Waals surface area contributed by atoms with Crippen molar-refractivity contribution < 1.29 is 57.5 Å². The number of aliphatic hydroxyl groups is 3. The van der Waals surface area contributed by atoms with Crippen LogP contribution >= 0.6 is 15.9 Å². The van der Waals surface area contributed by atoms with Gasteiger partial charge in [0.2, 0.25) is 14.0 Å². The maximum Gasteiger partial charge on any atom is 0.476 e. The molecule has 0 bridgehead atoms. The number of nitrogen functional groups attached to an aromatic ring is 2. The van der Waals surface area contributed by atoms with Gasteiger partial charge in [-0.1, -0.05) is 0 Å². The number of aromatic amines is 1. The molecule has 0 spiro atoms. The van der Waals surface area contributed by atoms with Gasteiger partial charge in [-0.05, 0) is 6.92 Å². The molecule has 25 heteroatoms. The fourth-order valence-corrected chi connectivity index (χ4v) is 5.63. The van der Waals surface area contributed by atoms with Gasteiger partial charge in [-0.2, -0.15) is 4.98 Å². The molecule has 246 valence electrons. The van der Waals surface area contributed by atoms with E-state index in [2.05, 4.69) is 29.9 Å². The fourth-order valence-electron chi connectivity index (χ4n) is 4.44. The Labute approximate surface area is 250 Å². The average molecular weight is 678 g/mol. The maximum atomic E-state index is 13.3. The third kappa shape index (κ3) is 6.89. The topological polar surface area (TPSA) is 341 Å². The minimum absolute atomic E-state index is 0.000483. The Morgan fingerprint density at radius 3 is 2.62 bits per heavy atom. The SMILES string of the molecule is CC(O)[C@@H](OC(OC[PH](=O)O)OP(=O)(O)OC1C(O)[C@@H](CO)O[C@H]1n1cnc2c(=O)[nH]c(N)nc21)n1cnc2c(N)ncnc21. The molecular weight excluding hydrogens is 650 g/mol. The average Bonchev–Trinajstić information content (AvgIpc) is 3.66. The Hall–Kier alpha value is -3.44. The van der Waals surface area contributed by atoms with E-state index in [1.165, 1.54) is 17.8 Å².